The number of nitrogens with one attached hydrogen (secondary N) is 1. The van der Waals surface area contributed by atoms with E-state index in [1.54, 1.807) is 7.11 Å². The number of rotatable bonds is 2. The average molecular weight is 218 g/mol. The van der Waals surface area contributed by atoms with Gasteiger partial charge in [-0.05, 0) is 31.5 Å². The molecule has 1 heterocycles. The Labute approximate surface area is 93.6 Å². The molecule has 0 unspecified atom stereocenters. The fourth-order valence-corrected chi connectivity index (χ4v) is 1.64. The number of ether oxygens (including phenoxy) is 1. The van der Waals surface area contributed by atoms with Gasteiger partial charge >= 0.3 is 0 Å². The third kappa shape index (κ3) is 1.65. The molecule has 0 aliphatic heterocycles. The Morgan fingerprint density at radius 3 is 2.62 bits per heavy atom. The molecule has 0 radical (unpaired) electrons. The summed E-state index contributed by atoms with van der Waals surface area (Å²) < 4.78 is 5.28. The zero-order valence-electron chi connectivity index (χ0n) is 9.53. The first-order valence-corrected chi connectivity index (χ1v) is 4.95. The maximum Gasteiger partial charge on any atom is 0.162 e. The van der Waals surface area contributed by atoms with Gasteiger partial charge in [-0.1, -0.05) is 0 Å². The van der Waals surface area contributed by atoms with E-state index in [4.69, 9.17) is 10.6 Å². The molecule has 0 saturated carbocycles. The number of nitrogen functional groups attached to an aromatic ring is 1. The molecule has 5 heteroatoms. The smallest absolute Gasteiger partial charge is 0.162 e. The molecule has 3 N–H and O–H groups in total. The Hall–Kier alpha value is -1.88. The lowest BCUT2D eigenvalue weighted by Crippen LogP contribution is -2.11. The number of hydrogen-bond acceptors (Lipinski definition) is 5. The van der Waals surface area contributed by atoms with Crippen LogP contribution in [0.5, 0.6) is 5.75 Å². The maximum absolute atomic E-state index is 5.37. The molecule has 0 amide bonds. The summed E-state index contributed by atoms with van der Waals surface area (Å²) >= 11 is 0. The Morgan fingerprint density at radius 1 is 1.25 bits per heavy atom. The van der Waals surface area contributed by atoms with Gasteiger partial charge in [-0.25, -0.2) is 15.8 Å². The van der Waals surface area contributed by atoms with Gasteiger partial charge in [0.25, 0.3) is 0 Å². The van der Waals surface area contributed by atoms with Crippen molar-refractivity contribution in [1.82, 2.24) is 9.97 Å². The van der Waals surface area contributed by atoms with Gasteiger partial charge in [0.05, 0.1) is 18.3 Å². The van der Waals surface area contributed by atoms with E-state index >= 15 is 0 Å². The maximum atomic E-state index is 5.37. The summed E-state index contributed by atoms with van der Waals surface area (Å²) in [6, 6.07) is 3.89. The number of anilines is 1. The predicted molar refractivity (Wildman–Crippen MR) is 63.4 cm³/mol. The summed E-state index contributed by atoms with van der Waals surface area (Å²) in [5.41, 5.74) is 5.88. The molecule has 2 aromatic rings. The van der Waals surface area contributed by atoms with Crippen LogP contribution in [-0.2, 0) is 0 Å². The van der Waals surface area contributed by atoms with Crippen molar-refractivity contribution in [2.45, 2.75) is 13.8 Å². The Bertz CT molecular complexity index is 539. The van der Waals surface area contributed by atoms with E-state index in [9.17, 15) is 0 Å². The van der Waals surface area contributed by atoms with E-state index < -0.39 is 0 Å². The first-order valence-electron chi connectivity index (χ1n) is 4.95. The Balaban J connectivity index is 2.79. The zero-order chi connectivity index (χ0) is 11.7. The minimum absolute atomic E-state index is 0.583. The lowest BCUT2D eigenvalue weighted by molar-refractivity contribution is 0.418. The van der Waals surface area contributed by atoms with Crippen LogP contribution in [-0.4, -0.2) is 17.1 Å². The fraction of sp³-hybridized carbons (Fsp3) is 0.273. The van der Waals surface area contributed by atoms with Gasteiger partial charge in [-0.15, -0.1) is 0 Å². The highest BCUT2D eigenvalue weighted by atomic mass is 16.5. The third-order valence-electron chi connectivity index (χ3n) is 2.41. The van der Waals surface area contributed by atoms with Crippen LogP contribution in [0.4, 0.5) is 5.82 Å². The first kappa shape index (κ1) is 10.6. The average Bonchev–Trinajstić information content (AvgIpc) is 2.28. The summed E-state index contributed by atoms with van der Waals surface area (Å²) in [7, 11) is 1.63. The van der Waals surface area contributed by atoms with Crippen molar-refractivity contribution in [3.05, 3.63) is 23.4 Å². The largest absolute Gasteiger partial charge is 0.494 e. The predicted octanol–water partition coefficient (Wildman–Crippen LogP) is 1.54. The van der Waals surface area contributed by atoms with E-state index in [-0.39, 0.29) is 0 Å². The summed E-state index contributed by atoms with van der Waals surface area (Å²) in [4.78, 5) is 8.81. The van der Waals surface area contributed by atoms with Crippen molar-refractivity contribution in [3.8, 4) is 5.75 Å². The van der Waals surface area contributed by atoms with Crippen molar-refractivity contribution in [2.24, 2.45) is 5.84 Å². The molecule has 2 rings (SSSR count). The number of benzene rings is 1. The zero-order valence-corrected chi connectivity index (χ0v) is 9.53. The molecule has 84 valence electrons. The number of nitrogens with two attached hydrogens (primary N) is 1. The lowest BCUT2D eigenvalue weighted by Gasteiger charge is -2.09. The molecular weight excluding hydrogens is 204 g/mol. The van der Waals surface area contributed by atoms with Crippen molar-refractivity contribution >= 4 is 16.9 Å². The van der Waals surface area contributed by atoms with Crippen LogP contribution in [0.1, 0.15) is 11.3 Å². The highest BCUT2D eigenvalue weighted by molar-refractivity contribution is 5.83. The minimum atomic E-state index is 0.583. The molecule has 0 spiro atoms. The lowest BCUT2D eigenvalue weighted by atomic mass is 10.2. The highest BCUT2D eigenvalue weighted by Crippen LogP contribution is 2.26. The number of hydrazine groups is 1. The van der Waals surface area contributed by atoms with Gasteiger partial charge < -0.3 is 10.2 Å². The van der Waals surface area contributed by atoms with Crippen LogP contribution < -0.4 is 16.0 Å². The first-order chi connectivity index (χ1) is 7.65. The summed E-state index contributed by atoms with van der Waals surface area (Å²) in [5, 5.41) is 0. The number of aromatic nitrogens is 2. The van der Waals surface area contributed by atoms with Crippen molar-refractivity contribution in [2.75, 3.05) is 12.5 Å². The van der Waals surface area contributed by atoms with E-state index in [0.717, 1.165) is 28.0 Å². The second-order valence-electron chi connectivity index (χ2n) is 3.64. The van der Waals surface area contributed by atoms with E-state index in [1.807, 2.05) is 26.0 Å². The van der Waals surface area contributed by atoms with Gasteiger partial charge in [0.2, 0.25) is 0 Å². The van der Waals surface area contributed by atoms with E-state index in [0.29, 0.717) is 5.82 Å². The molecule has 0 fully saturated rings. The summed E-state index contributed by atoms with van der Waals surface area (Å²) in [6.45, 7) is 3.83. The SMILES string of the molecule is COc1cc(C)cc2nc(NN)c(C)nc12. The molecule has 1 aromatic heterocycles. The van der Waals surface area contributed by atoms with Crippen LogP contribution >= 0.6 is 0 Å². The molecular formula is C11H14N4O. The molecule has 0 aliphatic carbocycles. The van der Waals surface area contributed by atoms with Gasteiger partial charge in [-0.3, -0.25) is 0 Å². The topological polar surface area (TPSA) is 73.1 Å². The van der Waals surface area contributed by atoms with Crippen LogP contribution in [0.3, 0.4) is 0 Å². The van der Waals surface area contributed by atoms with Crippen LogP contribution in [0.15, 0.2) is 12.1 Å². The second kappa shape index (κ2) is 3.94. The molecule has 1 aromatic carbocycles. The molecule has 5 nitrogen and oxygen atoms in total. The van der Waals surface area contributed by atoms with Gasteiger partial charge in [0.15, 0.2) is 5.82 Å². The molecule has 0 atom stereocenters. The number of hydrogen-bond donors (Lipinski definition) is 2. The monoisotopic (exact) mass is 218 g/mol. The Morgan fingerprint density at radius 2 is 2.00 bits per heavy atom. The van der Waals surface area contributed by atoms with Crippen molar-refractivity contribution in [3.63, 3.8) is 0 Å². The molecule has 16 heavy (non-hydrogen) atoms. The van der Waals surface area contributed by atoms with Crippen LogP contribution in [0, 0.1) is 13.8 Å². The quantitative estimate of drug-likeness (QED) is 0.591. The van der Waals surface area contributed by atoms with Crippen molar-refractivity contribution in [1.29, 1.82) is 0 Å². The van der Waals surface area contributed by atoms with E-state index in [2.05, 4.69) is 15.4 Å². The summed E-state index contributed by atoms with van der Waals surface area (Å²) in [6.07, 6.45) is 0. The summed E-state index contributed by atoms with van der Waals surface area (Å²) in [5.74, 6) is 6.68. The van der Waals surface area contributed by atoms with Crippen LogP contribution in [0.25, 0.3) is 11.0 Å². The molecule has 0 bridgehead atoms. The standard InChI is InChI=1S/C11H14N4O/c1-6-4-8-10(9(5-6)16-3)13-7(2)11(14-8)15-12/h4-5H,12H2,1-3H3,(H,14,15). The fourth-order valence-electron chi connectivity index (χ4n) is 1.64. The van der Waals surface area contributed by atoms with Gasteiger partial charge in [0, 0.05) is 0 Å². The van der Waals surface area contributed by atoms with Crippen LogP contribution in [0.2, 0.25) is 0 Å². The molecule has 0 aliphatic rings. The number of aryl methyl sites for hydroxylation is 2. The second-order valence-corrected chi connectivity index (χ2v) is 3.64. The molecule has 0 saturated heterocycles. The number of fused-ring (bicyclic) bond motifs is 1. The van der Waals surface area contributed by atoms with Gasteiger partial charge in [0.1, 0.15) is 11.3 Å². The normalized spacial score (nSPS) is 10.5. The van der Waals surface area contributed by atoms with Gasteiger partial charge in [-0.2, -0.15) is 0 Å². The van der Waals surface area contributed by atoms with E-state index in [1.165, 1.54) is 0 Å². The Kier molecular flexibility index (Phi) is 2.62. The minimum Gasteiger partial charge on any atom is -0.494 e. The number of nitrogens with zero attached hydrogens (tertiary/aromatic N) is 2. The highest BCUT2D eigenvalue weighted by Gasteiger charge is 2.09. The third-order valence-corrected chi connectivity index (χ3v) is 2.41. The number of methoxy groups -OCH3 is 1. The van der Waals surface area contributed by atoms with Crippen molar-refractivity contribution < 1.29 is 4.74 Å².